The van der Waals surface area contributed by atoms with Gasteiger partial charge in [-0.3, -0.25) is 9.59 Å². The van der Waals surface area contributed by atoms with Gasteiger partial charge in [0.25, 0.3) is 5.91 Å². The van der Waals surface area contributed by atoms with Crippen molar-refractivity contribution in [1.82, 2.24) is 4.90 Å². The first-order valence-electron chi connectivity index (χ1n) is 11.8. The average Bonchev–Trinajstić information content (AvgIpc) is 3.64. The first kappa shape index (κ1) is 24.3. The second kappa shape index (κ2) is 9.10. The zero-order valence-corrected chi connectivity index (χ0v) is 19.8. The molecule has 0 unspecified atom stereocenters. The quantitative estimate of drug-likeness (QED) is 0.612. The van der Waals surface area contributed by atoms with Gasteiger partial charge in [0.1, 0.15) is 11.6 Å². The van der Waals surface area contributed by atoms with Crippen LogP contribution in [0.2, 0.25) is 0 Å². The number of carbonyl (C=O) groups excluding carboxylic acids is 2. The Labute approximate surface area is 198 Å². The molecule has 0 spiro atoms. The highest BCUT2D eigenvalue weighted by Crippen LogP contribution is 2.45. The summed E-state index contributed by atoms with van der Waals surface area (Å²) in [6.45, 7) is 3.39. The van der Waals surface area contributed by atoms with Gasteiger partial charge in [-0.2, -0.15) is 0 Å². The predicted molar refractivity (Wildman–Crippen MR) is 123 cm³/mol. The van der Waals surface area contributed by atoms with Crippen molar-refractivity contribution >= 4 is 11.9 Å². The highest BCUT2D eigenvalue weighted by molar-refractivity contribution is 5.95. The lowest BCUT2D eigenvalue weighted by Crippen LogP contribution is -2.49. The first-order chi connectivity index (χ1) is 16.1. The Balaban J connectivity index is 1.57. The lowest BCUT2D eigenvalue weighted by molar-refractivity contribution is -0.149. The molecule has 4 rings (SSSR count). The smallest absolute Gasteiger partial charge is 0.316 e. The molecule has 2 fully saturated rings. The van der Waals surface area contributed by atoms with E-state index in [2.05, 4.69) is 0 Å². The van der Waals surface area contributed by atoms with Gasteiger partial charge < -0.3 is 14.7 Å². The van der Waals surface area contributed by atoms with Gasteiger partial charge in [0, 0.05) is 29.3 Å². The molecule has 34 heavy (non-hydrogen) atoms. The van der Waals surface area contributed by atoms with Crippen LogP contribution in [0.25, 0.3) is 0 Å². The van der Waals surface area contributed by atoms with Crippen molar-refractivity contribution in [2.24, 2.45) is 0 Å². The third-order valence-corrected chi connectivity index (χ3v) is 7.24. The van der Waals surface area contributed by atoms with E-state index in [1.165, 1.54) is 13.2 Å². The second-order valence-electron chi connectivity index (χ2n) is 10.0. The van der Waals surface area contributed by atoms with Gasteiger partial charge >= 0.3 is 5.97 Å². The second-order valence-corrected chi connectivity index (χ2v) is 10.0. The Morgan fingerprint density at radius 1 is 1.00 bits per heavy atom. The third-order valence-electron chi connectivity index (χ3n) is 7.24. The van der Waals surface area contributed by atoms with Gasteiger partial charge in [-0.1, -0.05) is 18.2 Å². The Hall–Kier alpha value is -2.80. The number of aliphatic hydroxyl groups is 1. The molecular formula is C27H31F2NO4. The molecule has 2 saturated carbocycles. The predicted octanol–water partition coefficient (Wildman–Crippen LogP) is 4.85. The summed E-state index contributed by atoms with van der Waals surface area (Å²) in [7, 11) is 1.27. The van der Waals surface area contributed by atoms with E-state index in [0.717, 1.165) is 30.5 Å². The highest BCUT2D eigenvalue weighted by Gasteiger charge is 2.49. The first-order valence-corrected chi connectivity index (χ1v) is 11.8. The van der Waals surface area contributed by atoms with E-state index in [1.807, 2.05) is 4.90 Å². The van der Waals surface area contributed by atoms with E-state index in [0.29, 0.717) is 31.2 Å². The van der Waals surface area contributed by atoms with Crippen molar-refractivity contribution in [3.63, 3.8) is 0 Å². The molecule has 7 heteroatoms. The number of carbonyl (C=O) groups is 2. The number of halogens is 2. The number of nitrogens with zero attached hydrogens (tertiary/aromatic N) is 1. The molecule has 182 valence electrons. The zero-order chi connectivity index (χ0) is 24.7. The molecule has 1 amide bonds. The molecule has 5 nitrogen and oxygen atoms in total. The van der Waals surface area contributed by atoms with Crippen LogP contribution in [0.1, 0.15) is 73.9 Å². The minimum atomic E-state index is -1.20. The standard InChI is InChI=1S/C27H31F2NO4/c1-26(2,33)18-6-4-17(5-7-18)24(31)30(20-9-10-20)21-12-14-27(15-13-21,25(32)34-3)22-11-8-19(28)16-23(22)29/h4-8,11,16,20-21,33H,9-10,12-15H2,1-3H3. The van der Waals surface area contributed by atoms with Crippen molar-refractivity contribution in [1.29, 1.82) is 0 Å². The molecule has 2 aromatic carbocycles. The number of hydrogen-bond acceptors (Lipinski definition) is 4. The molecule has 0 aromatic heterocycles. The topological polar surface area (TPSA) is 66.8 Å². The van der Waals surface area contributed by atoms with Gasteiger partial charge in [-0.05, 0) is 76.1 Å². The molecule has 0 bridgehead atoms. The maximum absolute atomic E-state index is 14.7. The van der Waals surface area contributed by atoms with Gasteiger partial charge in [-0.25, -0.2) is 8.78 Å². The third kappa shape index (κ3) is 4.58. The number of ether oxygens (including phenoxy) is 1. The van der Waals surface area contributed by atoms with Gasteiger partial charge in [0.15, 0.2) is 0 Å². The maximum atomic E-state index is 14.7. The summed E-state index contributed by atoms with van der Waals surface area (Å²) in [6.07, 6.45) is 3.49. The van der Waals surface area contributed by atoms with Gasteiger partial charge in [0.05, 0.1) is 18.1 Å². The Morgan fingerprint density at radius 3 is 2.09 bits per heavy atom. The summed E-state index contributed by atoms with van der Waals surface area (Å²) in [6, 6.07) is 10.3. The number of esters is 1. The van der Waals surface area contributed by atoms with Crippen molar-refractivity contribution in [2.75, 3.05) is 7.11 Å². The number of amides is 1. The molecule has 0 atom stereocenters. The minimum absolute atomic E-state index is 0.0756. The van der Waals surface area contributed by atoms with E-state index >= 15 is 0 Å². The van der Waals surface area contributed by atoms with Crippen molar-refractivity contribution in [3.8, 4) is 0 Å². The number of methoxy groups -OCH3 is 1. The molecule has 0 saturated heterocycles. The molecular weight excluding hydrogens is 440 g/mol. The summed E-state index contributed by atoms with van der Waals surface area (Å²) in [5.41, 5.74) is -0.771. The molecule has 2 aliphatic carbocycles. The van der Waals surface area contributed by atoms with E-state index < -0.39 is 28.6 Å². The Morgan fingerprint density at radius 2 is 1.59 bits per heavy atom. The maximum Gasteiger partial charge on any atom is 0.316 e. The Bertz CT molecular complexity index is 1070. The summed E-state index contributed by atoms with van der Waals surface area (Å²) in [4.78, 5) is 28.2. The van der Waals surface area contributed by atoms with Crippen molar-refractivity contribution < 1.29 is 28.2 Å². The molecule has 1 N–H and O–H groups in total. The summed E-state index contributed by atoms with van der Waals surface area (Å²) < 4.78 is 33.3. The van der Waals surface area contributed by atoms with Gasteiger partial charge in [0.2, 0.25) is 0 Å². The molecule has 0 aliphatic heterocycles. The van der Waals surface area contributed by atoms with E-state index in [1.54, 1.807) is 38.1 Å². The number of benzene rings is 2. The van der Waals surface area contributed by atoms with Crippen LogP contribution in [0.4, 0.5) is 8.78 Å². The lowest BCUT2D eigenvalue weighted by Gasteiger charge is -2.42. The van der Waals surface area contributed by atoms with Crippen molar-refractivity contribution in [3.05, 3.63) is 70.8 Å². The summed E-state index contributed by atoms with van der Waals surface area (Å²) in [5, 5.41) is 10.2. The monoisotopic (exact) mass is 471 g/mol. The minimum Gasteiger partial charge on any atom is -0.468 e. The van der Waals surface area contributed by atoms with Crippen LogP contribution in [0, 0.1) is 11.6 Å². The van der Waals surface area contributed by atoms with E-state index in [4.69, 9.17) is 4.74 Å². The van der Waals surface area contributed by atoms with Crippen LogP contribution in [-0.4, -0.2) is 41.1 Å². The van der Waals surface area contributed by atoms with Crippen LogP contribution in [0.3, 0.4) is 0 Å². The fraction of sp³-hybridized carbons (Fsp3) is 0.481. The largest absolute Gasteiger partial charge is 0.468 e. The van der Waals surface area contributed by atoms with Crippen LogP contribution in [0.5, 0.6) is 0 Å². The van der Waals surface area contributed by atoms with E-state index in [9.17, 15) is 23.5 Å². The average molecular weight is 472 g/mol. The summed E-state index contributed by atoms with van der Waals surface area (Å²) in [5.74, 6) is -2.07. The van der Waals surface area contributed by atoms with Crippen LogP contribution >= 0.6 is 0 Å². The summed E-state index contributed by atoms with van der Waals surface area (Å²) >= 11 is 0. The normalized spacial score (nSPS) is 22.8. The lowest BCUT2D eigenvalue weighted by atomic mass is 9.67. The zero-order valence-electron chi connectivity index (χ0n) is 19.8. The fourth-order valence-corrected chi connectivity index (χ4v) is 5.18. The van der Waals surface area contributed by atoms with Crippen LogP contribution in [-0.2, 0) is 20.5 Å². The van der Waals surface area contributed by atoms with Gasteiger partial charge in [-0.15, -0.1) is 0 Å². The Kier molecular flexibility index (Phi) is 6.51. The molecule has 2 aromatic rings. The molecule has 0 radical (unpaired) electrons. The van der Waals surface area contributed by atoms with Crippen LogP contribution in [0.15, 0.2) is 42.5 Å². The SMILES string of the molecule is COC(=O)C1(c2ccc(F)cc2F)CCC(N(C(=O)c2ccc(C(C)(C)O)cc2)C2CC2)CC1. The number of hydrogen-bond donors (Lipinski definition) is 1. The van der Waals surface area contributed by atoms with E-state index in [-0.39, 0.29) is 23.6 Å². The molecule has 0 heterocycles. The fourth-order valence-electron chi connectivity index (χ4n) is 5.18. The number of rotatable bonds is 6. The molecule has 2 aliphatic rings. The van der Waals surface area contributed by atoms with Crippen molar-refractivity contribution in [2.45, 2.75) is 75.5 Å². The highest BCUT2D eigenvalue weighted by atomic mass is 19.1. The van der Waals surface area contributed by atoms with Crippen LogP contribution < -0.4 is 0 Å².